The molecule has 0 radical (unpaired) electrons. The van der Waals surface area contributed by atoms with Crippen LogP contribution in [0.1, 0.15) is 38.7 Å². The third-order valence-electron chi connectivity index (χ3n) is 9.88. The van der Waals surface area contributed by atoms with E-state index in [-0.39, 0.29) is 11.7 Å². The van der Waals surface area contributed by atoms with Crippen molar-refractivity contribution in [3.8, 4) is 5.75 Å². The smallest absolute Gasteiger partial charge is 0.330 e. The van der Waals surface area contributed by atoms with Crippen molar-refractivity contribution in [2.75, 3.05) is 17.3 Å². The monoisotopic (exact) mass is 632 g/mol. The zero-order valence-corrected chi connectivity index (χ0v) is 26.2. The topological polar surface area (TPSA) is 84.9 Å². The summed E-state index contributed by atoms with van der Waals surface area (Å²) in [5, 5.41) is 3.07. The Morgan fingerprint density at radius 1 is 0.771 bits per heavy atom. The van der Waals surface area contributed by atoms with Gasteiger partial charge in [-0.15, -0.1) is 0 Å². The molecule has 3 aliphatic rings. The first-order valence-corrected chi connectivity index (χ1v) is 16.0. The molecular weight excluding hydrogens is 600 g/mol. The molecule has 8 rings (SSSR count). The molecule has 5 aromatic carbocycles. The number of esters is 1. The molecule has 236 valence electrons. The molecule has 1 N–H and O–H groups in total. The standard InChI is InChI=1S/C41H32N2O5/c1-47-30-23-20-27(21-24-30)37(44)35-36(39(45)48-38(28-13-4-2-5-14-28)29-15-6-3-7-16-29)43-33-19-11-8-12-26(33)22-25-34(43)41(35)31-17-9-10-18-32(31)42-40(41)46/h2-25,34-36,38H,1H3,(H,42,46)/t34-,35-,36+,41+/m1/s1. The van der Waals surface area contributed by atoms with Crippen molar-refractivity contribution < 1.29 is 23.9 Å². The second-order valence-electron chi connectivity index (χ2n) is 12.3. The van der Waals surface area contributed by atoms with E-state index in [1.54, 1.807) is 31.4 Å². The predicted octanol–water partition coefficient (Wildman–Crippen LogP) is 7.00. The lowest BCUT2D eigenvalue weighted by Crippen LogP contribution is -2.51. The Labute approximate surface area is 278 Å². The number of amides is 1. The number of fused-ring (bicyclic) bond motifs is 6. The van der Waals surface area contributed by atoms with E-state index >= 15 is 9.59 Å². The molecule has 0 unspecified atom stereocenters. The number of hydrogen-bond acceptors (Lipinski definition) is 6. The molecule has 0 saturated carbocycles. The van der Waals surface area contributed by atoms with Crippen LogP contribution in [0.5, 0.6) is 5.75 Å². The lowest BCUT2D eigenvalue weighted by molar-refractivity contribution is -0.150. The number of hydrogen-bond donors (Lipinski definition) is 1. The summed E-state index contributed by atoms with van der Waals surface area (Å²) < 4.78 is 11.9. The first-order chi connectivity index (χ1) is 23.5. The van der Waals surface area contributed by atoms with Gasteiger partial charge in [0.1, 0.15) is 17.2 Å². The zero-order valence-electron chi connectivity index (χ0n) is 26.2. The summed E-state index contributed by atoms with van der Waals surface area (Å²) in [6.07, 6.45) is 3.19. The van der Waals surface area contributed by atoms with Crippen molar-refractivity contribution in [2.45, 2.75) is 23.6 Å². The fourth-order valence-corrected chi connectivity index (χ4v) is 7.80. The predicted molar refractivity (Wildman–Crippen MR) is 184 cm³/mol. The minimum Gasteiger partial charge on any atom is -0.497 e. The average Bonchev–Trinajstić information content (AvgIpc) is 3.63. The van der Waals surface area contributed by atoms with E-state index in [2.05, 4.69) is 5.32 Å². The van der Waals surface area contributed by atoms with E-state index in [1.165, 1.54) is 0 Å². The van der Waals surface area contributed by atoms with Gasteiger partial charge in [-0.3, -0.25) is 9.59 Å². The van der Waals surface area contributed by atoms with E-state index < -0.39 is 35.5 Å². The molecule has 0 aliphatic carbocycles. The van der Waals surface area contributed by atoms with Crippen LogP contribution in [-0.4, -0.2) is 36.9 Å². The maximum atomic E-state index is 15.1. The number of rotatable bonds is 7. The quantitative estimate of drug-likeness (QED) is 0.154. The molecule has 7 nitrogen and oxygen atoms in total. The van der Waals surface area contributed by atoms with Crippen molar-refractivity contribution >= 4 is 35.1 Å². The number of ketones is 1. The Hall–Kier alpha value is -5.95. The van der Waals surface area contributed by atoms with Crippen LogP contribution in [0.2, 0.25) is 0 Å². The second-order valence-corrected chi connectivity index (χ2v) is 12.3. The van der Waals surface area contributed by atoms with Gasteiger partial charge in [0.05, 0.1) is 19.1 Å². The summed E-state index contributed by atoms with van der Waals surface area (Å²) in [7, 11) is 1.56. The van der Waals surface area contributed by atoms with Crippen molar-refractivity contribution in [2.24, 2.45) is 5.92 Å². The number of anilines is 2. The Morgan fingerprint density at radius 2 is 1.40 bits per heavy atom. The molecule has 1 spiro atoms. The van der Waals surface area contributed by atoms with Crippen LogP contribution in [0.25, 0.3) is 6.08 Å². The lowest BCUT2D eigenvalue weighted by atomic mass is 9.64. The van der Waals surface area contributed by atoms with Gasteiger partial charge in [-0.1, -0.05) is 109 Å². The summed E-state index contributed by atoms with van der Waals surface area (Å²) in [5.74, 6) is -1.80. The molecule has 3 heterocycles. The second kappa shape index (κ2) is 11.7. The highest BCUT2D eigenvalue weighted by atomic mass is 16.5. The first kappa shape index (κ1) is 29.5. The molecule has 3 aliphatic heterocycles. The van der Waals surface area contributed by atoms with Gasteiger partial charge in [-0.2, -0.15) is 0 Å². The molecule has 0 aromatic heterocycles. The average molecular weight is 633 g/mol. The number of para-hydroxylation sites is 2. The number of carbonyl (C=O) groups excluding carboxylic acids is 3. The van der Waals surface area contributed by atoms with Crippen LogP contribution in [0, 0.1) is 5.92 Å². The van der Waals surface area contributed by atoms with Crippen LogP contribution in [0.15, 0.2) is 140 Å². The SMILES string of the molecule is COc1ccc(C(=O)[C@H]2[C@@H](C(=O)OC(c3ccccc3)c3ccccc3)N3c4ccccc4C=C[C@@H]3[C@]23C(=O)Nc2ccccc23)cc1. The minimum absolute atomic E-state index is 0.326. The fraction of sp³-hybridized carbons (Fsp3) is 0.146. The van der Waals surface area contributed by atoms with Gasteiger partial charge in [-0.25, -0.2) is 4.79 Å². The fourth-order valence-electron chi connectivity index (χ4n) is 7.80. The first-order valence-electron chi connectivity index (χ1n) is 16.0. The molecular formula is C41H32N2O5. The Bertz CT molecular complexity index is 2020. The highest BCUT2D eigenvalue weighted by molar-refractivity contribution is 6.16. The molecule has 1 amide bonds. The zero-order chi connectivity index (χ0) is 32.8. The van der Waals surface area contributed by atoms with Crippen LogP contribution in [0.4, 0.5) is 11.4 Å². The third kappa shape index (κ3) is 4.46. The van der Waals surface area contributed by atoms with Gasteiger partial charge in [0.25, 0.3) is 0 Å². The van der Waals surface area contributed by atoms with Crippen molar-refractivity contribution in [1.82, 2.24) is 0 Å². The van der Waals surface area contributed by atoms with Crippen molar-refractivity contribution in [3.05, 3.63) is 167 Å². The van der Waals surface area contributed by atoms with E-state index in [0.717, 1.165) is 22.4 Å². The number of Topliss-reactive ketones (excluding diaryl/α,β-unsaturated/α-hetero) is 1. The minimum atomic E-state index is -1.43. The molecule has 1 saturated heterocycles. The molecule has 4 atom stereocenters. The third-order valence-corrected chi connectivity index (χ3v) is 9.88. The summed E-state index contributed by atoms with van der Waals surface area (Å²) in [6, 6.07) is 39.3. The summed E-state index contributed by atoms with van der Waals surface area (Å²) in [6.45, 7) is 0. The van der Waals surface area contributed by atoms with Gasteiger partial charge >= 0.3 is 5.97 Å². The van der Waals surface area contributed by atoms with Gasteiger partial charge in [-0.05, 0) is 58.7 Å². The van der Waals surface area contributed by atoms with Crippen molar-refractivity contribution in [1.29, 1.82) is 0 Å². The maximum absolute atomic E-state index is 15.1. The maximum Gasteiger partial charge on any atom is 0.330 e. The van der Waals surface area contributed by atoms with E-state index in [0.29, 0.717) is 22.6 Å². The van der Waals surface area contributed by atoms with Crippen LogP contribution in [0.3, 0.4) is 0 Å². The number of carbonyl (C=O) groups is 3. The number of methoxy groups -OCH3 is 1. The normalized spacial score (nSPS) is 21.8. The van der Waals surface area contributed by atoms with Crippen LogP contribution < -0.4 is 15.0 Å². The molecule has 0 bridgehead atoms. The summed E-state index contributed by atoms with van der Waals surface area (Å²) in [5.41, 5.74) is 3.47. The molecule has 5 aromatic rings. The largest absolute Gasteiger partial charge is 0.497 e. The number of ether oxygens (including phenoxy) is 2. The molecule has 7 heteroatoms. The highest BCUT2D eigenvalue weighted by Crippen LogP contribution is 2.58. The molecule has 1 fully saturated rings. The number of nitrogens with zero attached hydrogens (tertiary/aromatic N) is 1. The summed E-state index contributed by atoms with van der Waals surface area (Å²) in [4.78, 5) is 46.7. The van der Waals surface area contributed by atoms with Gasteiger partial charge in [0, 0.05) is 16.9 Å². The Kier molecular flexibility index (Phi) is 7.17. The van der Waals surface area contributed by atoms with Crippen LogP contribution >= 0.6 is 0 Å². The molecule has 48 heavy (non-hydrogen) atoms. The van der Waals surface area contributed by atoms with Gasteiger partial charge in [0.15, 0.2) is 11.9 Å². The Morgan fingerprint density at radius 3 is 2.08 bits per heavy atom. The van der Waals surface area contributed by atoms with Crippen LogP contribution in [-0.2, 0) is 19.7 Å². The van der Waals surface area contributed by atoms with Gasteiger partial charge in [0.2, 0.25) is 5.91 Å². The lowest BCUT2D eigenvalue weighted by Gasteiger charge is -2.37. The van der Waals surface area contributed by atoms with Crippen molar-refractivity contribution in [3.63, 3.8) is 0 Å². The van der Waals surface area contributed by atoms with Gasteiger partial charge < -0.3 is 19.7 Å². The number of nitrogens with one attached hydrogen (secondary N) is 1. The Balaban J connectivity index is 1.35. The van der Waals surface area contributed by atoms with E-state index in [1.807, 2.05) is 126 Å². The summed E-state index contributed by atoms with van der Waals surface area (Å²) >= 11 is 0. The van der Waals surface area contributed by atoms with E-state index in [9.17, 15) is 4.79 Å². The number of benzene rings is 5. The van der Waals surface area contributed by atoms with E-state index in [4.69, 9.17) is 9.47 Å². The highest BCUT2D eigenvalue weighted by Gasteiger charge is 2.71.